The molecule has 0 atom stereocenters. The molecule has 4 nitrogen and oxygen atoms in total. The topological polar surface area (TPSA) is 78.3 Å². The predicted molar refractivity (Wildman–Crippen MR) is 64.6 cm³/mol. The zero-order valence-electron chi connectivity index (χ0n) is 10.1. The minimum absolute atomic E-state index is 0.0927. The van der Waals surface area contributed by atoms with Crippen LogP contribution < -0.4 is 16.2 Å². The Morgan fingerprint density at radius 3 is 2.25 bits per heavy atom. The number of hydrogen-bond acceptors (Lipinski definition) is 3. The molecule has 16 heavy (non-hydrogen) atoms. The minimum Gasteiger partial charge on any atom is -0.494 e. The summed E-state index contributed by atoms with van der Waals surface area (Å²) in [7, 11) is 1.47. The fourth-order valence-corrected chi connectivity index (χ4v) is 1.50. The van der Waals surface area contributed by atoms with Crippen molar-refractivity contribution in [3.8, 4) is 5.75 Å². The lowest BCUT2D eigenvalue weighted by Crippen LogP contribution is -2.18. The maximum absolute atomic E-state index is 11.3. The summed E-state index contributed by atoms with van der Waals surface area (Å²) in [6, 6.07) is 3.54. The lowest BCUT2D eigenvalue weighted by atomic mass is 9.85. The Bertz CT molecular complexity index is 420. The molecule has 4 heteroatoms. The minimum atomic E-state index is -0.533. The third-order valence-electron chi connectivity index (χ3n) is 2.45. The molecule has 1 aromatic carbocycles. The highest BCUT2D eigenvalue weighted by atomic mass is 16.5. The molecule has 0 bridgehead atoms. The van der Waals surface area contributed by atoms with Crippen LogP contribution in [0.5, 0.6) is 5.75 Å². The number of rotatable bonds is 2. The standard InChI is InChI=1S/C12H18N2O2/c1-12(2,3)7-5-8(11(14)15)10(16-4)9(13)6-7/h5-6H,13H2,1-4H3,(H2,14,15). The molecule has 1 amide bonds. The SMILES string of the molecule is COc1c(N)cc(C(C)(C)C)cc1C(N)=O. The largest absolute Gasteiger partial charge is 0.494 e. The summed E-state index contributed by atoms with van der Waals surface area (Å²) in [5, 5.41) is 0. The molecule has 0 aliphatic rings. The Morgan fingerprint density at radius 2 is 1.88 bits per heavy atom. The number of methoxy groups -OCH3 is 1. The first-order valence-corrected chi connectivity index (χ1v) is 5.05. The molecule has 0 aromatic heterocycles. The molecule has 0 aliphatic heterocycles. The summed E-state index contributed by atoms with van der Waals surface area (Å²) in [5.41, 5.74) is 12.8. The van der Waals surface area contributed by atoms with Crippen molar-refractivity contribution >= 4 is 11.6 Å². The molecule has 0 saturated heterocycles. The molecular weight excluding hydrogens is 204 g/mol. The molecule has 1 rings (SSSR count). The van der Waals surface area contributed by atoms with E-state index in [9.17, 15) is 4.79 Å². The van der Waals surface area contributed by atoms with Crippen LogP contribution in [0.4, 0.5) is 5.69 Å². The first-order chi connectivity index (χ1) is 7.27. The van der Waals surface area contributed by atoms with Gasteiger partial charge in [-0.1, -0.05) is 20.8 Å². The van der Waals surface area contributed by atoms with Crippen LogP contribution in [0, 0.1) is 0 Å². The van der Waals surface area contributed by atoms with Gasteiger partial charge in [-0.05, 0) is 23.1 Å². The van der Waals surface area contributed by atoms with E-state index < -0.39 is 5.91 Å². The highest BCUT2D eigenvalue weighted by Crippen LogP contribution is 2.33. The molecule has 0 fully saturated rings. The van der Waals surface area contributed by atoms with E-state index in [1.807, 2.05) is 26.8 Å². The van der Waals surface area contributed by atoms with E-state index in [1.54, 1.807) is 6.07 Å². The fraction of sp³-hybridized carbons (Fsp3) is 0.417. The van der Waals surface area contributed by atoms with Gasteiger partial charge in [-0.25, -0.2) is 0 Å². The number of nitrogen functional groups attached to an aromatic ring is 1. The second-order valence-corrected chi connectivity index (χ2v) is 4.76. The Kier molecular flexibility index (Phi) is 3.12. The van der Waals surface area contributed by atoms with Crippen molar-refractivity contribution in [2.75, 3.05) is 12.8 Å². The highest BCUT2D eigenvalue weighted by molar-refractivity contribution is 5.97. The number of benzene rings is 1. The summed E-state index contributed by atoms with van der Waals surface area (Å²) < 4.78 is 5.08. The van der Waals surface area contributed by atoms with E-state index in [1.165, 1.54) is 7.11 Å². The molecule has 1 aromatic rings. The number of hydrogen-bond donors (Lipinski definition) is 2. The molecule has 0 unspecified atom stereocenters. The van der Waals surface area contributed by atoms with E-state index in [0.717, 1.165) is 5.56 Å². The van der Waals surface area contributed by atoms with Gasteiger partial charge in [-0.15, -0.1) is 0 Å². The van der Waals surface area contributed by atoms with Gasteiger partial charge in [-0.2, -0.15) is 0 Å². The number of primary amides is 1. The van der Waals surface area contributed by atoms with Crippen LogP contribution in [0.1, 0.15) is 36.7 Å². The third kappa shape index (κ3) is 2.27. The van der Waals surface area contributed by atoms with Crippen LogP contribution in [0.25, 0.3) is 0 Å². The van der Waals surface area contributed by atoms with Crippen molar-refractivity contribution < 1.29 is 9.53 Å². The molecule has 0 saturated carbocycles. The van der Waals surface area contributed by atoms with Crippen molar-refractivity contribution in [2.45, 2.75) is 26.2 Å². The maximum atomic E-state index is 11.3. The average molecular weight is 222 g/mol. The molecule has 88 valence electrons. The van der Waals surface area contributed by atoms with Crippen molar-refractivity contribution in [1.82, 2.24) is 0 Å². The summed E-state index contributed by atoms with van der Waals surface area (Å²) in [4.78, 5) is 11.3. The van der Waals surface area contributed by atoms with Gasteiger partial charge in [0.05, 0.1) is 18.4 Å². The molecule has 0 spiro atoms. The second-order valence-electron chi connectivity index (χ2n) is 4.76. The van der Waals surface area contributed by atoms with Gasteiger partial charge in [0, 0.05) is 0 Å². The third-order valence-corrected chi connectivity index (χ3v) is 2.45. The molecule has 0 heterocycles. The Balaban J connectivity index is 3.46. The summed E-state index contributed by atoms with van der Waals surface area (Å²) in [6.45, 7) is 6.12. The lowest BCUT2D eigenvalue weighted by molar-refractivity contribution is 0.0997. The van der Waals surface area contributed by atoms with Crippen LogP contribution in [-0.4, -0.2) is 13.0 Å². The number of ether oxygens (including phenoxy) is 1. The first kappa shape index (κ1) is 12.4. The van der Waals surface area contributed by atoms with E-state index in [2.05, 4.69) is 0 Å². The predicted octanol–water partition coefficient (Wildman–Crippen LogP) is 1.67. The summed E-state index contributed by atoms with van der Waals surface area (Å²) >= 11 is 0. The summed E-state index contributed by atoms with van der Waals surface area (Å²) in [6.07, 6.45) is 0. The van der Waals surface area contributed by atoms with Crippen LogP contribution in [0.3, 0.4) is 0 Å². The monoisotopic (exact) mass is 222 g/mol. The zero-order valence-corrected chi connectivity index (χ0v) is 10.1. The number of nitrogens with two attached hydrogens (primary N) is 2. The number of anilines is 1. The molecule has 0 radical (unpaired) electrons. The van der Waals surface area contributed by atoms with Crippen molar-refractivity contribution in [1.29, 1.82) is 0 Å². The molecular formula is C12H18N2O2. The van der Waals surface area contributed by atoms with E-state index in [4.69, 9.17) is 16.2 Å². The number of carbonyl (C=O) groups is 1. The van der Waals surface area contributed by atoms with E-state index in [0.29, 0.717) is 17.0 Å². The van der Waals surface area contributed by atoms with E-state index in [-0.39, 0.29) is 5.41 Å². The van der Waals surface area contributed by atoms with Gasteiger partial charge in [0.1, 0.15) is 0 Å². The van der Waals surface area contributed by atoms with Gasteiger partial charge < -0.3 is 16.2 Å². The van der Waals surface area contributed by atoms with Gasteiger partial charge in [0.25, 0.3) is 5.91 Å². The Hall–Kier alpha value is -1.71. The number of carbonyl (C=O) groups excluding carboxylic acids is 1. The van der Waals surface area contributed by atoms with Crippen molar-refractivity contribution in [3.63, 3.8) is 0 Å². The van der Waals surface area contributed by atoms with Gasteiger partial charge in [0.15, 0.2) is 5.75 Å². The van der Waals surface area contributed by atoms with E-state index >= 15 is 0 Å². The normalized spacial score (nSPS) is 11.2. The average Bonchev–Trinajstić information content (AvgIpc) is 2.14. The van der Waals surface area contributed by atoms with Gasteiger partial charge in [0.2, 0.25) is 0 Å². The smallest absolute Gasteiger partial charge is 0.252 e. The fourth-order valence-electron chi connectivity index (χ4n) is 1.50. The van der Waals surface area contributed by atoms with Crippen LogP contribution in [0.2, 0.25) is 0 Å². The van der Waals surface area contributed by atoms with Crippen molar-refractivity contribution in [3.05, 3.63) is 23.3 Å². The quantitative estimate of drug-likeness (QED) is 0.747. The van der Waals surface area contributed by atoms with Gasteiger partial charge in [-0.3, -0.25) is 4.79 Å². The van der Waals surface area contributed by atoms with Crippen molar-refractivity contribution in [2.24, 2.45) is 5.73 Å². The Morgan fingerprint density at radius 1 is 1.31 bits per heavy atom. The zero-order chi connectivity index (χ0) is 12.5. The first-order valence-electron chi connectivity index (χ1n) is 5.05. The molecule has 0 aliphatic carbocycles. The lowest BCUT2D eigenvalue weighted by Gasteiger charge is -2.21. The van der Waals surface area contributed by atoms with Crippen LogP contribution >= 0.6 is 0 Å². The maximum Gasteiger partial charge on any atom is 0.252 e. The summed E-state index contributed by atoms with van der Waals surface area (Å²) in [5.74, 6) is -0.185. The van der Waals surface area contributed by atoms with Gasteiger partial charge >= 0.3 is 0 Å². The second kappa shape index (κ2) is 4.04. The molecule has 4 N–H and O–H groups in total. The van der Waals surface area contributed by atoms with Crippen LogP contribution in [-0.2, 0) is 5.41 Å². The highest BCUT2D eigenvalue weighted by Gasteiger charge is 2.20. The van der Waals surface area contributed by atoms with Crippen LogP contribution in [0.15, 0.2) is 12.1 Å². The number of amides is 1. The Labute approximate surface area is 95.6 Å².